The Balaban J connectivity index is 0. The third-order valence-electron chi connectivity index (χ3n) is 0. The molecule has 0 N–H and O–H groups in total. The molecule has 0 spiro atoms. The fraction of sp³-hybridized carbons (Fsp3) is 0. The minimum atomic E-state index is 0. The van der Waals surface area contributed by atoms with Gasteiger partial charge in [-0.15, -0.1) is 0 Å². The van der Waals surface area contributed by atoms with Gasteiger partial charge in [0.05, 0.1) is 0 Å². The molecule has 0 amide bonds. The van der Waals surface area contributed by atoms with Crippen LogP contribution in [0.4, 0.5) is 0 Å². The molecule has 0 aromatic rings. The molecule has 7 heavy (non-hydrogen) atoms. The van der Waals surface area contributed by atoms with Crippen molar-refractivity contribution in [2.45, 2.75) is 0 Å². The molecule has 0 saturated carbocycles. The van der Waals surface area contributed by atoms with E-state index >= 15 is 0 Å². The Labute approximate surface area is 88.5 Å². The molecule has 5 nitrogen and oxygen atoms in total. The van der Waals surface area contributed by atoms with Crippen molar-refractivity contribution in [3.8, 4) is 0 Å². The predicted molar refractivity (Wildman–Crippen MR) is 3.43 cm³/mol. The fourth-order valence-electron chi connectivity index (χ4n) is 0. The minimum absolute atomic E-state index is 0. The molecular formula is O5U2. The van der Waals surface area contributed by atoms with Crippen LogP contribution in [0, 0.1) is 62.2 Å². The van der Waals surface area contributed by atoms with Gasteiger partial charge in [0.15, 0.2) is 0 Å². The molecule has 7 heteroatoms. The van der Waals surface area contributed by atoms with Gasteiger partial charge in [-0.1, -0.05) is 0 Å². The quantitative estimate of drug-likeness (QED) is 0.376. The molecule has 0 saturated heterocycles. The van der Waals surface area contributed by atoms with Crippen LogP contribution in [0.1, 0.15) is 0 Å². The average molecular weight is 556 g/mol. The number of hydrogen-bond acceptors (Lipinski definition) is 0. The second-order valence-electron chi connectivity index (χ2n) is 0. The number of hydrogen-bond donors (Lipinski definition) is 0. The molecule has 0 aliphatic carbocycles. The topological polar surface area (TPSA) is 142 Å². The van der Waals surface area contributed by atoms with Crippen LogP contribution in [0.5, 0.6) is 0 Å². The van der Waals surface area contributed by atoms with Gasteiger partial charge in [0.1, 0.15) is 0 Å². The second kappa shape index (κ2) is 104. The standard InChI is InChI=1S/5O.2U/q5*-2;2*+5. The summed E-state index contributed by atoms with van der Waals surface area (Å²) in [5.74, 6) is 0. The van der Waals surface area contributed by atoms with E-state index in [0.29, 0.717) is 0 Å². The van der Waals surface area contributed by atoms with Crippen LogP contribution in [0.25, 0.3) is 0 Å². The third kappa shape index (κ3) is 76.0. The summed E-state index contributed by atoms with van der Waals surface area (Å²) in [7, 11) is 0. The molecule has 0 unspecified atom stereocenters. The normalized spacial score (nSPS) is 0. The Bertz CT molecular complexity index is 6.04. The van der Waals surface area contributed by atoms with Crippen LogP contribution in [0.3, 0.4) is 0 Å². The van der Waals surface area contributed by atoms with Crippen molar-refractivity contribution in [1.82, 2.24) is 0 Å². The summed E-state index contributed by atoms with van der Waals surface area (Å²) in [5, 5.41) is 0. The molecule has 0 aliphatic rings. The van der Waals surface area contributed by atoms with Crippen LogP contribution in [-0.2, 0) is 27.4 Å². The van der Waals surface area contributed by atoms with Gasteiger partial charge in [-0.25, -0.2) is 0 Å². The molecule has 0 aromatic carbocycles. The molecular weight excluding hydrogens is 556 g/mol. The van der Waals surface area contributed by atoms with Gasteiger partial charge >= 0.3 is 62.2 Å². The van der Waals surface area contributed by atoms with Gasteiger partial charge in [-0.3, -0.25) is 0 Å². The largest absolute Gasteiger partial charge is 5.00 e. The van der Waals surface area contributed by atoms with Crippen molar-refractivity contribution in [3.63, 3.8) is 0 Å². The zero-order chi connectivity index (χ0) is 0. The first-order chi connectivity index (χ1) is 0. The maximum Gasteiger partial charge on any atom is 5.00 e. The first-order valence-corrected chi connectivity index (χ1v) is 0. The van der Waals surface area contributed by atoms with E-state index in [1.165, 1.54) is 0 Å². The first kappa shape index (κ1) is 153. The van der Waals surface area contributed by atoms with Crippen LogP contribution < -0.4 is 0 Å². The van der Waals surface area contributed by atoms with E-state index in [-0.39, 0.29) is 89.6 Å². The van der Waals surface area contributed by atoms with E-state index < -0.39 is 0 Å². The van der Waals surface area contributed by atoms with Crippen LogP contribution >= 0.6 is 0 Å². The number of rotatable bonds is 0. The van der Waals surface area contributed by atoms with Gasteiger partial charge in [0.2, 0.25) is 0 Å². The zero-order valence-corrected chi connectivity index (χ0v) is 11.4. The molecule has 0 bridgehead atoms. The maximum absolute atomic E-state index is 0. The second-order valence-corrected chi connectivity index (χ2v) is 0. The van der Waals surface area contributed by atoms with Crippen molar-refractivity contribution in [2.75, 3.05) is 0 Å². The molecule has 0 atom stereocenters. The Morgan fingerprint density at radius 1 is 0.286 bits per heavy atom. The van der Waals surface area contributed by atoms with Crippen molar-refractivity contribution in [2.24, 2.45) is 0 Å². The van der Waals surface area contributed by atoms with Gasteiger partial charge < -0.3 is 27.4 Å². The van der Waals surface area contributed by atoms with E-state index in [4.69, 9.17) is 0 Å². The molecule has 0 radical (unpaired) electrons. The van der Waals surface area contributed by atoms with Crippen molar-refractivity contribution < 1.29 is 89.6 Å². The molecule has 0 aromatic heterocycles. The average Bonchev–Trinajstić information content (AvgIpc) is 0. The molecule has 38 valence electrons. The summed E-state index contributed by atoms with van der Waals surface area (Å²) >= 11 is 0. The predicted octanol–water partition coefficient (Wildman–Crippen LogP) is -0.594. The summed E-state index contributed by atoms with van der Waals surface area (Å²) in [4.78, 5) is 0. The van der Waals surface area contributed by atoms with Gasteiger partial charge in [-0.05, 0) is 0 Å². The van der Waals surface area contributed by atoms with E-state index in [2.05, 4.69) is 0 Å². The van der Waals surface area contributed by atoms with Crippen LogP contribution in [-0.4, -0.2) is 0 Å². The SMILES string of the molecule is [O-2].[O-2].[O-2].[O-2].[O-2].[U+5].[U+5]. The van der Waals surface area contributed by atoms with E-state index in [9.17, 15) is 0 Å². The van der Waals surface area contributed by atoms with Gasteiger partial charge in [0, 0.05) is 0 Å². The van der Waals surface area contributed by atoms with E-state index in [1.807, 2.05) is 0 Å². The Morgan fingerprint density at radius 3 is 0.286 bits per heavy atom. The Hall–Kier alpha value is 1.90. The van der Waals surface area contributed by atoms with E-state index in [1.54, 1.807) is 0 Å². The summed E-state index contributed by atoms with van der Waals surface area (Å²) in [6, 6.07) is 0. The summed E-state index contributed by atoms with van der Waals surface area (Å²) in [6.07, 6.45) is 0. The van der Waals surface area contributed by atoms with Crippen molar-refractivity contribution in [3.05, 3.63) is 0 Å². The zero-order valence-electron chi connectivity index (χ0n) is 3.04. The van der Waals surface area contributed by atoms with Gasteiger partial charge in [0.25, 0.3) is 0 Å². The monoisotopic (exact) mass is 556 g/mol. The maximum atomic E-state index is 0. The van der Waals surface area contributed by atoms with Crippen LogP contribution in [0.15, 0.2) is 0 Å². The smallest absolute Gasteiger partial charge is 2.00 e. The third-order valence-corrected chi connectivity index (χ3v) is 0. The molecule has 0 aliphatic heterocycles. The van der Waals surface area contributed by atoms with Crippen molar-refractivity contribution in [1.29, 1.82) is 0 Å². The Kier molecular flexibility index (Phi) is 2280. The molecule has 0 heterocycles. The molecule has 0 fully saturated rings. The molecule has 0 rings (SSSR count). The van der Waals surface area contributed by atoms with Crippen molar-refractivity contribution >= 4 is 0 Å². The summed E-state index contributed by atoms with van der Waals surface area (Å²) in [5.41, 5.74) is 0. The summed E-state index contributed by atoms with van der Waals surface area (Å²) < 4.78 is 0. The minimum Gasteiger partial charge on any atom is -2.00 e. The van der Waals surface area contributed by atoms with Gasteiger partial charge in [-0.2, -0.15) is 0 Å². The fourth-order valence-corrected chi connectivity index (χ4v) is 0. The Morgan fingerprint density at radius 2 is 0.286 bits per heavy atom. The van der Waals surface area contributed by atoms with E-state index in [0.717, 1.165) is 0 Å². The summed E-state index contributed by atoms with van der Waals surface area (Å²) in [6.45, 7) is 0. The first-order valence-electron chi connectivity index (χ1n) is 0. The van der Waals surface area contributed by atoms with Crippen LogP contribution in [0.2, 0.25) is 0 Å².